The number of rotatable bonds is 2. The van der Waals surface area contributed by atoms with Crippen molar-refractivity contribution in [1.82, 2.24) is 14.7 Å². The van der Waals surface area contributed by atoms with Gasteiger partial charge in [-0.1, -0.05) is 50.2 Å². The summed E-state index contributed by atoms with van der Waals surface area (Å²) in [5, 5.41) is 10.6. The number of nitrogens with zero attached hydrogens (tertiary/aromatic N) is 3. The van der Waals surface area contributed by atoms with Crippen molar-refractivity contribution in [2.75, 3.05) is 0 Å². The fourth-order valence-electron chi connectivity index (χ4n) is 3.60. The van der Waals surface area contributed by atoms with Crippen molar-refractivity contribution in [1.29, 1.82) is 0 Å². The summed E-state index contributed by atoms with van der Waals surface area (Å²) in [4.78, 5) is 20.8. The molecule has 0 atom stereocenters. The standard InChI is InChI=1S/C22H19N4O2/c1-13(2)14-7-9-15(10-8-14)22-23-16-11-20-21(12-17(16)24-22)26(28)19-6-4-3-5-18(19)25(20)27/h3-13,27H,1-2H3,(H,23,24)/q+1. The molecule has 0 aliphatic carbocycles. The highest BCUT2D eigenvalue weighted by atomic mass is 16.5. The highest BCUT2D eigenvalue weighted by Crippen LogP contribution is 2.26. The van der Waals surface area contributed by atoms with Crippen LogP contribution in [0.1, 0.15) is 25.3 Å². The number of fused-ring (bicyclic) bond motifs is 3. The molecule has 5 rings (SSSR count). The molecule has 0 saturated carbocycles. The fourth-order valence-corrected chi connectivity index (χ4v) is 3.60. The van der Waals surface area contributed by atoms with Crippen LogP contribution in [0.4, 0.5) is 0 Å². The lowest BCUT2D eigenvalue weighted by Crippen LogP contribution is -2.20. The molecule has 2 aromatic heterocycles. The summed E-state index contributed by atoms with van der Waals surface area (Å²) in [6.07, 6.45) is 0. The third-order valence-electron chi connectivity index (χ3n) is 5.20. The van der Waals surface area contributed by atoms with Crippen LogP contribution in [0.15, 0.2) is 60.7 Å². The first-order chi connectivity index (χ1) is 13.5. The molecule has 0 bridgehead atoms. The minimum atomic E-state index is 0.363. The molecule has 0 aliphatic rings. The molecule has 138 valence electrons. The van der Waals surface area contributed by atoms with Crippen molar-refractivity contribution >= 4 is 33.1 Å². The van der Waals surface area contributed by atoms with Crippen LogP contribution in [0, 0.1) is 4.91 Å². The Morgan fingerprint density at radius 1 is 1.00 bits per heavy atom. The third-order valence-corrected chi connectivity index (χ3v) is 5.20. The Hall–Kier alpha value is -3.67. The minimum absolute atomic E-state index is 0.363. The summed E-state index contributed by atoms with van der Waals surface area (Å²) in [6, 6.07) is 18.7. The van der Waals surface area contributed by atoms with Crippen LogP contribution >= 0.6 is 0 Å². The number of H-pyrrole nitrogens is 1. The molecule has 28 heavy (non-hydrogen) atoms. The Kier molecular flexibility index (Phi) is 3.49. The van der Waals surface area contributed by atoms with Crippen molar-refractivity contribution < 1.29 is 9.63 Å². The molecule has 6 nitrogen and oxygen atoms in total. The number of aromatic nitrogens is 4. The Morgan fingerprint density at radius 3 is 2.50 bits per heavy atom. The Balaban J connectivity index is 1.75. The predicted molar refractivity (Wildman–Crippen MR) is 109 cm³/mol. The largest absolute Gasteiger partial charge is 0.427 e. The first-order valence-corrected chi connectivity index (χ1v) is 9.22. The number of nitrogens with one attached hydrogen (secondary N) is 1. The molecule has 0 spiro atoms. The summed E-state index contributed by atoms with van der Waals surface area (Å²) in [5.41, 5.74) is 5.32. The van der Waals surface area contributed by atoms with Crippen molar-refractivity contribution in [2.45, 2.75) is 19.8 Å². The summed E-state index contributed by atoms with van der Waals surface area (Å²) >= 11 is 0. The second-order valence-corrected chi connectivity index (χ2v) is 7.32. The second-order valence-electron chi connectivity index (χ2n) is 7.32. The Morgan fingerprint density at radius 2 is 1.75 bits per heavy atom. The van der Waals surface area contributed by atoms with Crippen LogP contribution < -0.4 is 4.43 Å². The molecule has 0 unspecified atom stereocenters. The molecule has 2 N–H and O–H groups in total. The van der Waals surface area contributed by atoms with Gasteiger partial charge in [0.05, 0.1) is 15.5 Å². The van der Waals surface area contributed by atoms with E-state index in [0.717, 1.165) is 26.1 Å². The van der Waals surface area contributed by atoms with Crippen molar-refractivity contribution in [3.63, 3.8) is 0 Å². The monoisotopic (exact) mass is 371 g/mol. The Labute approximate surface area is 160 Å². The highest BCUT2D eigenvalue weighted by molar-refractivity contribution is 5.93. The highest BCUT2D eigenvalue weighted by Gasteiger charge is 2.20. The van der Waals surface area contributed by atoms with Crippen LogP contribution in [0.2, 0.25) is 0 Å². The normalized spacial score (nSPS) is 11.8. The van der Waals surface area contributed by atoms with Crippen LogP contribution in [0.3, 0.4) is 0 Å². The smallest absolute Gasteiger partial charge is 0.292 e. The lowest BCUT2D eigenvalue weighted by atomic mass is 10.0. The van der Waals surface area contributed by atoms with E-state index in [1.807, 2.05) is 12.1 Å². The van der Waals surface area contributed by atoms with Crippen LogP contribution in [-0.2, 0) is 0 Å². The van der Waals surface area contributed by atoms with E-state index in [0.29, 0.717) is 33.5 Å². The van der Waals surface area contributed by atoms with Gasteiger partial charge in [0.2, 0.25) is 0 Å². The van der Waals surface area contributed by atoms with Gasteiger partial charge >= 0.3 is 0 Å². The van der Waals surface area contributed by atoms with E-state index in [-0.39, 0.29) is 0 Å². The number of benzene rings is 3. The van der Waals surface area contributed by atoms with Gasteiger partial charge in [0.25, 0.3) is 11.0 Å². The zero-order valence-electron chi connectivity index (χ0n) is 15.5. The van der Waals surface area contributed by atoms with Gasteiger partial charge in [0.1, 0.15) is 5.82 Å². The number of hydrogen-bond donors (Lipinski definition) is 2. The maximum atomic E-state index is 12.8. The molecule has 0 radical (unpaired) electrons. The van der Waals surface area contributed by atoms with Gasteiger partial charge in [0, 0.05) is 22.6 Å². The summed E-state index contributed by atoms with van der Waals surface area (Å²) < 4.78 is 1.89. The average Bonchev–Trinajstić information content (AvgIpc) is 3.14. The van der Waals surface area contributed by atoms with Gasteiger partial charge in [-0.3, -0.25) is 0 Å². The number of hydrogen-bond acceptors (Lipinski definition) is 3. The summed E-state index contributed by atoms with van der Waals surface area (Å²) in [5.74, 6) is 1.20. The van der Waals surface area contributed by atoms with Crippen molar-refractivity contribution in [3.05, 3.63) is 71.1 Å². The Bertz CT molecular complexity index is 1410. The number of imidazole rings is 1. The second kappa shape index (κ2) is 5.92. The van der Waals surface area contributed by atoms with Gasteiger partial charge in [-0.05, 0) is 23.6 Å². The van der Waals surface area contributed by atoms with E-state index in [9.17, 15) is 10.1 Å². The third kappa shape index (κ3) is 2.38. The van der Waals surface area contributed by atoms with E-state index in [1.54, 1.807) is 36.4 Å². The first kappa shape index (κ1) is 16.5. The van der Waals surface area contributed by atoms with Gasteiger partial charge in [-0.2, -0.15) is 4.73 Å². The van der Waals surface area contributed by atoms with Gasteiger partial charge in [-0.25, -0.2) is 4.98 Å². The lowest BCUT2D eigenvalue weighted by molar-refractivity contribution is -0.433. The summed E-state index contributed by atoms with van der Waals surface area (Å²) in [7, 11) is 0. The molecule has 0 amide bonds. The molecule has 0 fully saturated rings. The van der Waals surface area contributed by atoms with Gasteiger partial charge in [-0.15, -0.1) is 0 Å². The quantitative estimate of drug-likeness (QED) is 0.270. The molecule has 0 saturated heterocycles. The fraction of sp³-hybridized carbons (Fsp3) is 0.136. The van der Waals surface area contributed by atoms with E-state index < -0.39 is 0 Å². The number of para-hydroxylation sites is 2. The first-order valence-electron chi connectivity index (χ1n) is 9.22. The van der Waals surface area contributed by atoms with E-state index in [1.165, 1.54) is 5.56 Å². The molecular formula is C22H19N4O2+. The van der Waals surface area contributed by atoms with E-state index in [2.05, 4.69) is 35.9 Å². The molecular weight excluding hydrogens is 352 g/mol. The van der Waals surface area contributed by atoms with E-state index in [4.69, 9.17) is 0 Å². The van der Waals surface area contributed by atoms with Gasteiger partial charge < -0.3 is 10.2 Å². The number of aromatic amines is 1. The average molecular weight is 371 g/mol. The molecule has 3 aromatic carbocycles. The zero-order chi connectivity index (χ0) is 19.4. The minimum Gasteiger partial charge on any atom is -0.427 e. The van der Waals surface area contributed by atoms with Gasteiger partial charge in [0.15, 0.2) is 11.0 Å². The van der Waals surface area contributed by atoms with E-state index >= 15 is 0 Å². The maximum Gasteiger partial charge on any atom is 0.292 e. The van der Waals surface area contributed by atoms with Crippen LogP contribution in [-0.4, -0.2) is 19.9 Å². The van der Waals surface area contributed by atoms with Crippen molar-refractivity contribution in [2.24, 2.45) is 0 Å². The molecule has 5 aromatic rings. The van der Waals surface area contributed by atoms with Crippen LogP contribution in [0.5, 0.6) is 0 Å². The molecule has 2 heterocycles. The summed E-state index contributed by atoms with van der Waals surface area (Å²) in [6.45, 7) is 4.32. The topological polar surface area (TPSA) is 76.8 Å². The SMILES string of the molecule is CC(C)c1ccc(-c2nc3cc4c(cc3[nH]2)n(O)c2ccccc2[n+]4=O)cc1. The molecule has 0 aliphatic heterocycles. The predicted octanol–water partition coefficient (Wildman–Crippen LogP) is 4.61. The zero-order valence-corrected chi connectivity index (χ0v) is 15.5. The molecule has 6 heteroatoms. The van der Waals surface area contributed by atoms with Crippen molar-refractivity contribution in [3.8, 4) is 11.4 Å². The van der Waals surface area contributed by atoms with Crippen LogP contribution in [0.25, 0.3) is 44.5 Å². The maximum absolute atomic E-state index is 12.8. The lowest BCUT2D eigenvalue weighted by Gasteiger charge is -2.05.